The van der Waals surface area contributed by atoms with E-state index in [1.54, 1.807) is 13.8 Å². The van der Waals surface area contributed by atoms with E-state index >= 15 is 0 Å². The largest absolute Gasteiger partial charge is 0.389 e. The van der Waals surface area contributed by atoms with Gasteiger partial charge in [0.1, 0.15) is 6.20 Å². The van der Waals surface area contributed by atoms with E-state index < -0.39 is 10.5 Å². The zero-order chi connectivity index (χ0) is 10.8. The maximum atomic E-state index is 10.5. The lowest BCUT2D eigenvalue weighted by Crippen LogP contribution is -2.29. The van der Waals surface area contributed by atoms with Crippen molar-refractivity contribution in [3.8, 4) is 0 Å². The van der Waals surface area contributed by atoms with Crippen LogP contribution in [-0.2, 0) is 0 Å². The molecule has 0 spiro atoms. The molecule has 0 aliphatic heterocycles. The number of rotatable bonds is 4. The molecule has 0 radical (unpaired) electrons. The summed E-state index contributed by atoms with van der Waals surface area (Å²) < 4.78 is 0. The molecule has 1 aromatic rings. The Balaban J connectivity index is 2.68. The maximum Gasteiger partial charge on any atom is 0.330 e. The first-order valence-electron chi connectivity index (χ1n) is 4.04. The topological polar surface area (TPSA) is 104 Å². The van der Waals surface area contributed by atoms with Crippen molar-refractivity contribution in [3.05, 3.63) is 16.3 Å². The van der Waals surface area contributed by atoms with Crippen LogP contribution in [0.1, 0.15) is 13.8 Å². The summed E-state index contributed by atoms with van der Waals surface area (Å²) >= 11 is 0. The Bertz CT molecular complexity index is 328. The molecule has 7 nitrogen and oxygen atoms in total. The molecule has 0 unspecified atom stereocenters. The van der Waals surface area contributed by atoms with Crippen LogP contribution >= 0.6 is 0 Å². The van der Waals surface area contributed by atoms with E-state index in [0.29, 0.717) is 0 Å². The number of nitrogens with one attached hydrogen (secondary N) is 2. The van der Waals surface area contributed by atoms with Gasteiger partial charge in [0.15, 0.2) is 0 Å². The standard InChI is InChI=1S/C7H12N4O3/c1-7(2,12)4-8-6-5(11(13)14)3-9-10-6/h3,12H,4H2,1-2H3,(H2,8,9,10). The van der Waals surface area contributed by atoms with Crippen molar-refractivity contribution in [3.63, 3.8) is 0 Å². The van der Waals surface area contributed by atoms with Gasteiger partial charge in [-0.05, 0) is 13.8 Å². The van der Waals surface area contributed by atoms with Gasteiger partial charge >= 0.3 is 5.69 Å². The lowest BCUT2D eigenvalue weighted by atomic mass is 10.1. The highest BCUT2D eigenvalue weighted by molar-refractivity contribution is 5.54. The first kappa shape index (κ1) is 10.5. The minimum absolute atomic E-state index is 0.130. The predicted octanol–water partition coefficient (Wildman–Crippen LogP) is 0.501. The number of nitro groups is 1. The molecule has 0 saturated heterocycles. The van der Waals surface area contributed by atoms with Gasteiger partial charge in [0.25, 0.3) is 0 Å². The molecule has 0 atom stereocenters. The molecule has 0 aromatic carbocycles. The van der Waals surface area contributed by atoms with Gasteiger partial charge in [-0.2, -0.15) is 5.10 Å². The third kappa shape index (κ3) is 2.70. The van der Waals surface area contributed by atoms with Gasteiger partial charge in [0.05, 0.1) is 10.5 Å². The average molecular weight is 200 g/mol. The summed E-state index contributed by atoms with van der Waals surface area (Å²) in [7, 11) is 0. The highest BCUT2D eigenvalue weighted by Crippen LogP contribution is 2.20. The zero-order valence-corrected chi connectivity index (χ0v) is 7.94. The van der Waals surface area contributed by atoms with Crippen LogP contribution in [-0.4, -0.2) is 32.4 Å². The number of nitrogens with zero attached hydrogens (tertiary/aromatic N) is 2. The first-order valence-corrected chi connectivity index (χ1v) is 4.04. The van der Waals surface area contributed by atoms with Crippen LogP contribution in [0.25, 0.3) is 0 Å². The van der Waals surface area contributed by atoms with Gasteiger partial charge in [-0.3, -0.25) is 15.2 Å². The minimum atomic E-state index is -0.932. The summed E-state index contributed by atoms with van der Waals surface area (Å²) in [5.41, 5.74) is -1.06. The fourth-order valence-electron chi connectivity index (χ4n) is 0.853. The molecule has 0 bridgehead atoms. The lowest BCUT2D eigenvalue weighted by Gasteiger charge is -2.16. The van der Waals surface area contributed by atoms with Crippen molar-refractivity contribution in [1.82, 2.24) is 10.2 Å². The Morgan fingerprint density at radius 3 is 2.93 bits per heavy atom. The van der Waals surface area contributed by atoms with Crippen molar-refractivity contribution < 1.29 is 10.0 Å². The second-order valence-electron chi connectivity index (χ2n) is 3.55. The van der Waals surface area contributed by atoms with Crippen molar-refractivity contribution in [1.29, 1.82) is 0 Å². The van der Waals surface area contributed by atoms with Gasteiger partial charge in [-0.15, -0.1) is 0 Å². The molecule has 0 fully saturated rings. The smallest absolute Gasteiger partial charge is 0.330 e. The number of anilines is 1. The molecular formula is C7H12N4O3. The minimum Gasteiger partial charge on any atom is -0.389 e. The van der Waals surface area contributed by atoms with Gasteiger partial charge < -0.3 is 10.4 Å². The molecule has 1 rings (SSSR count). The highest BCUT2D eigenvalue weighted by Gasteiger charge is 2.18. The summed E-state index contributed by atoms with van der Waals surface area (Å²) in [5, 5.41) is 28.5. The number of aromatic amines is 1. The van der Waals surface area contributed by atoms with E-state index in [4.69, 9.17) is 0 Å². The molecule has 1 aromatic heterocycles. The van der Waals surface area contributed by atoms with E-state index in [2.05, 4.69) is 15.5 Å². The highest BCUT2D eigenvalue weighted by atomic mass is 16.6. The SMILES string of the molecule is CC(C)(O)CNc1[nH]ncc1[N+](=O)[O-]. The van der Waals surface area contributed by atoms with Crippen molar-refractivity contribution in [2.24, 2.45) is 0 Å². The molecule has 0 aliphatic carbocycles. The summed E-state index contributed by atoms with van der Waals surface area (Å²) in [6.45, 7) is 3.40. The fourth-order valence-corrected chi connectivity index (χ4v) is 0.853. The average Bonchev–Trinajstić information content (AvgIpc) is 2.46. The Morgan fingerprint density at radius 2 is 2.43 bits per heavy atom. The van der Waals surface area contributed by atoms with Crippen LogP contribution in [0.2, 0.25) is 0 Å². The zero-order valence-electron chi connectivity index (χ0n) is 7.94. The van der Waals surface area contributed by atoms with Crippen LogP contribution in [0.5, 0.6) is 0 Å². The van der Waals surface area contributed by atoms with Crippen LogP contribution in [0, 0.1) is 10.1 Å². The molecular weight excluding hydrogens is 188 g/mol. The number of aliphatic hydroxyl groups is 1. The molecule has 78 valence electrons. The Labute approximate surface area is 80.3 Å². The summed E-state index contributed by atoms with van der Waals surface area (Å²) in [6, 6.07) is 0. The number of H-pyrrole nitrogens is 1. The fraction of sp³-hybridized carbons (Fsp3) is 0.571. The van der Waals surface area contributed by atoms with Gasteiger partial charge in [0, 0.05) is 6.54 Å². The van der Waals surface area contributed by atoms with E-state index in [1.807, 2.05) is 0 Å². The molecule has 0 amide bonds. The summed E-state index contributed by atoms with van der Waals surface area (Å²) in [6.07, 6.45) is 1.12. The Kier molecular flexibility index (Phi) is 2.70. The number of aromatic nitrogens is 2. The van der Waals surface area contributed by atoms with E-state index in [9.17, 15) is 15.2 Å². The van der Waals surface area contributed by atoms with E-state index in [0.717, 1.165) is 6.20 Å². The predicted molar refractivity (Wildman–Crippen MR) is 50.0 cm³/mol. The molecule has 3 N–H and O–H groups in total. The number of hydrogen-bond donors (Lipinski definition) is 3. The molecule has 1 heterocycles. The van der Waals surface area contributed by atoms with Crippen molar-refractivity contribution in [2.45, 2.75) is 19.4 Å². The third-order valence-electron chi connectivity index (χ3n) is 1.51. The third-order valence-corrected chi connectivity index (χ3v) is 1.51. The van der Waals surface area contributed by atoms with Crippen molar-refractivity contribution >= 4 is 11.5 Å². The lowest BCUT2D eigenvalue weighted by molar-refractivity contribution is -0.384. The quantitative estimate of drug-likeness (QED) is 0.485. The van der Waals surface area contributed by atoms with Crippen LogP contribution in [0.4, 0.5) is 11.5 Å². The van der Waals surface area contributed by atoms with Gasteiger partial charge in [0.2, 0.25) is 5.82 Å². The van der Waals surface area contributed by atoms with Crippen LogP contribution in [0.15, 0.2) is 6.20 Å². The van der Waals surface area contributed by atoms with Crippen LogP contribution < -0.4 is 5.32 Å². The molecule has 0 aliphatic rings. The number of hydrogen-bond acceptors (Lipinski definition) is 5. The second kappa shape index (κ2) is 3.62. The maximum absolute atomic E-state index is 10.5. The Hall–Kier alpha value is -1.63. The van der Waals surface area contributed by atoms with E-state index in [-0.39, 0.29) is 18.1 Å². The van der Waals surface area contributed by atoms with E-state index in [1.165, 1.54) is 0 Å². The first-order chi connectivity index (χ1) is 6.40. The Morgan fingerprint density at radius 1 is 1.79 bits per heavy atom. The molecule has 7 heteroatoms. The second-order valence-corrected chi connectivity index (χ2v) is 3.55. The monoisotopic (exact) mass is 200 g/mol. The van der Waals surface area contributed by atoms with Crippen LogP contribution in [0.3, 0.4) is 0 Å². The molecule has 0 saturated carbocycles. The molecule has 14 heavy (non-hydrogen) atoms. The van der Waals surface area contributed by atoms with Crippen molar-refractivity contribution in [2.75, 3.05) is 11.9 Å². The summed E-state index contributed by atoms with van der Waals surface area (Å²) in [5.74, 6) is 0.206. The summed E-state index contributed by atoms with van der Waals surface area (Å²) in [4.78, 5) is 9.90. The van der Waals surface area contributed by atoms with Gasteiger partial charge in [-0.25, -0.2) is 0 Å². The van der Waals surface area contributed by atoms with Gasteiger partial charge in [-0.1, -0.05) is 0 Å². The normalized spacial score (nSPS) is 11.4.